The first-order chi connectivity index (χ1) is 33.5. The van der Waals surface area contributed by atoms with Gasteiger partial charge in [-0.3, -0.25) is 4.57 Å². The van der Waals surface area contributed by atoms with E-state index in [0.717, 1.165) is 88.8 Å². The first-order valence-corrected chi connectivity index (χ1v) is 24.2. The van der Waals surface area contributed by atoms with Crippen LogP contribution < -0.4 is 4.98 Å². The predicted molar refractivity (Wildman–Crippen MR) is 289 cm³/mol. The first kappa shape index (κ1) is 45.1. The Morgan fingerprint density at radius 3 is 1.97 bits per heavy atom. The van der Waals surface area contributed by atoms with Crippen molar-refractivity contribution < 1.29 is 21.1 Å². The Bertz CT molecular complexity index is 3960. The minimum atomic E-state index is 0. The Morgan fingerprint density at radius 2 is 1.23 bits per heavy atom. The fourth-order valence-corrected chi connectivity index (χ4v) is 11.3. The first-order valence-electron chi connectivity index (χ1n) is 24.2. The number of hydrogen-bond donors (Lipinski definition) is 0. The second-order valence-corrected chi connectivity index (χ2v) is 19.6. The van der Waals surface area contributed by atoms with Crippen molar-refractivity contribution in [2.75, 3.05) is 0 Å². The molecule has 0 amide bonds. The minimum Gasteiger partial charge on any atom is -0.656 e. The van der Waals surface area contributed by atoms with Crippen molar-refractivity contribution in [3.8, 4) is 56.3 Å². The number of nitrogens with zero attached hydrogens (tertiary/aromatic N) is 5. The number of benzene rings is 8. The molecule has 0 radical (unpaired) electrons. The Morgan fingerprint density at radius 1 is 0.543 bits per heavy atom. The summed E-state index contributed by atoms with van der Waals surface area (Å²) >= 11 is 0. The molecule has 4 heterocycles. The summed E-state index contributed by atoms with van der Waals surface area (Å²) in [6, 6.07) is 61.3. The summed E-state index contributed by atoms with van der Waals surface area (Å²) in [6.07, 6.45) is 1.93. The van der Waals surface area contributed by atoms with E-state index in [0.29, 0.717) is 11.8 Å². The van der Waals surface area contributed by atoms with Crippen LogP contribution in [-0.2, 0) is 21.1 Å². The maximum Gasteiger partial charge on any atom is 2.00 e. The summed E-state index contributed by atoms with van der Waals surface area (Å²) in [5.41, 5.74) is 22.6. The molecule has 4 aromatic heterocycles. The van der Waals surface area contributed by atoms with Gasteiger partial charge in [-0.05, 0) is 154 Å². The molecule has 0 aliphatic heterocycles. The molecule has 0 spiro atoms. The van der Waals surface area contributed by atoms with Crippen LogP contribution in [0.5, 0.6) is 0 Å². The summed E-state index contributed by atoms with van der Waals surface area (Å²) in [4.78, 5) is 16.0. The standard InChI is InChI=1S/C64H53N5.Pt/c1-37(2)46-20-14-21-47(38(3)4)60(46)44-34-53(59-41(7)31-40(6)32-42(59)8)61-51-28-27-43(35-56(51)69(57(61)36-44)58-33-39(5)29-30-65-58)48-22-16-26-55-63(48)67-64(68(55)45-17-10-9-11-18-45)52-24-15-23-50-49-19-12-13-25-54(49)66-62(50)52;/h9-34,36-38H,1-8H3;/q-2;+2. The summed E-state index contributed by atoms with van der Waals surface area (Å²) in [5, 5.41) is 4.59. The van der Waals surface area contributed by atoms with Gasteiger partial charge in [0.25, 0.3) is 0 Å². The Kier molecular flexibility index (Phi) is 11.3. The van der Waals surface area contributed by atoms with Crippen LogP contribution in [0.3, 0.4) is 0 Å². The van der Waals surface area contributed by atoms with Gasteiger partial charge in [0.1, 0.15) is 11.6 Å². The molecule has 0 N–H and O–H groups in total. The molecule has 0 aliphatic rings. The molecule has 0 aliphatic carbocycles. The van der Waals surface area contributed by atoms with Crippen molar-refractivity contribution in [2.24, 2.45) is 0 Å². The van der Waals surface area contributed by atoms with E-state index >= 15 is 0 Å². The van der Waals surface area contributed by atoms with Crippen molar-refractivity contribution in [1.82, 2.24) is 24.1 Å². The Labute approximate surface area is 424 Å². The zero-order chi connectivity index (χ0) is 47.2. The van der Waals surface area contributed by atoms with Crippen LogP contribution in [0, 0.1) is 33.8 Å². The monoisotopic (exact) mass is 1090 g/mol. The van der Waals surface area contributed by atoms with Gasteiger partial charge in [0.15, 0.2) is 0 Å². The third kappa shape index (κ3) is 7.24. The van der Waals surface area contributed by atoms with Crippen molar-refractivity contribution in [2.45, 2.75) is 67.2 Å². The van der Waals surface area contributed by atoms with E-state index in [2.05, 4.69) is 228 Å². The van der Waals surface area contributed by atoms with Crippen LogP contribution in [-0.4, -0.2) is 19.1 Å². The van der Waals surface area contributed by atoms with E-state index in [9.17, 15) is 0 Å². The van der Waals surface area contributed by atoms with Crippen LogP contribution in [0.15, 0.2) is 164 Å². The molecule has 12 aromatic rings. The fraction of sp³-hybridized carbons (Fsp3) is 0.156. The van der Waals surface area contributed by atoms with E-state index in [1.54, 1.807) is 0 Å². The third-order valence-corrected chi connectivity index (χ3v) is 14.2. The zero-order valence-corrected chi connectivity index (χ0v) is 43.1. The molecular weight excluding hydrogens is 1030 g/mol. The number of aryl methyl sites for hydroxylation is 4. The average Bonchev–Trinajstić information content (AvgIpc) is 4.03. The normalized spacial score (nSPS) is 11.9. The predicted octanol–water partition coefficient (Wildman–Crippen LogP) is 16.7. The van der Waals surface area contributed by atoms with Crippen LogP contribution in [0.4, 0.5) is 0 Å². The smallest absolute Gasteiger partial charge is 0.656 e. The maximum absolute atomic E-state index is 5.62. The number of rotatable bonds is 8. The van der Waals surface area contributed by atoms with Crippen LogP contribution in [0.1, 0.15) is 72.9 Å². The van der Waals surface area contributed by atoms with E-state index in [4.69, 9.17) is 15.0 Å². The van der Waals surface area contributed by atoms with E-state index in [-0.39, 0.29) is 21.1 Å². The third-order valence-electron chi connectivity index (χ3n) is 14.2. The van der Waals surface area contributed by atoms with Crippen LogP contribution in [0.25, 0.3) is 111 Å². The van der Waals surface area contributed by atoms with Crippen LogP contribution in [0.2, 0.25) is 0 Å². The molecule has 8 aromatic carbocycles. The van der Waals surface area contributed by atoms with Gasteiger partial charge in [-0.2, -0.15) is 0 Å². The van der Waals surface area contributed by atoms with Gasteiger partial charge in [-0.1, -0.05) is 147 Å². The summed E-state index contributed by atoms with van der Waals surface area (Å²) in [6.45, 7) is 18.1. The van der Waals surface area contributed by atoms with E-state index < -0.39 is 0 Å². The molecule has 6 heteroatoms. The van der Waals surface area contributed by atoms with Gasteiger partial charge in [0, 0.05) is 23.0 Å². The SMILES string of the molecule is Cc1ccnc(-n2c3[c-]c(-c4cccc5c4nc(-c4cccc6c4[n-]c4ccccc46)n5-c4ccccc4)ccc3c3c(-c4c(C)cc(C)cc4C)cc(-c4c(C(C)C)cccc4C(C)C)cc32)c1.[Pt+2]. The van der Waals surface area contributed by atoms with E-state index in [1.165, 1.54) is 55.5 Å². The summed E-state index contributed by atoms with van der Waals surface area (Å²) in [5.74, 6) is 2.38. The molecule has 0 atom stereocenters. The molecule has 0 unspecified atom stereocenters. The molecule has 12 rings (SSSR count). The van der Waals surface area contributed by atoms with Crippen molar-refractivity contribution >= 4 is 54.6 Å². The quantitative estimate of drug-likeness (QED) is 0.143. The number of pyridine rings is 1. The molecule has 0 bridgehead atoms. The van der Waals surface area contributed by atoms with Gasteiger partial charge in [0.2, 0.25) is 0 Å². The second-order valence-electron chi connectivity index (χ2n) is 19.6. The van der Waals surface area contributed by atoms with Gasteiger partial charge >= 0.3 is 21.1 Å². The number of hydrogen-bond acceptors (Lipinski definition) is 2. The van der Waals surface area contributed by atoms with Gasteiger partial charge < -0.3 is 9.55 Å². The Balaban J connectivity index is 0.00000533. The van der Waals surface area contributed by atoms with Crippen LogP contribution >= 0.6 is 0 Å². The second kappa shape index (κ2) is 17.6. The molecule has 344 valence electrons. The molecule has 0 saturated carbocycles. The Hall–Kier alpha value is -7.33. The van der Waals surface area contributed by atoms with Crippen molar-refractivity contribution in [1.29, 1.82) is 0 Å². The largest absolute Gasteiger partial charge is 2.00 e. The number of fused-ring (bicyclic) bond motifs is 7. The van der Waals surface area contributed by atoms with E-state index in [1.807, 2.05) is 6.20 Å². The van der Waals surface area contributed by atoms with Gasteiger partial charge in [-0.25, -0.2) is 9.97 Å². The molecular formula is C64H53N5Pt. The molecule has 0 saturated heterocycles. The van der Waals surface area contributed by atoms with Gasteiger partial charge in [0.05, 0.1) is 11.0 Å². The molecule has 5 nitrogen and oxygen atoms in total. The minimum absolute atomic E-state index is 0. The zero-order valence-electron chi connectivity index (χ0n) is 40.8. The number of aromatic nitrogens is 5. The fourth-order valence-electron chi connectivity index (χ4n) is 11.3. The topological polar surface area (TPSA) is 49.7 Å². The maximum atomic E-state index is 5.62. The van der Waals surface area contributed by atoms with Crippen molar-refractivity contribution in [3.63, 3.8) is 0 Å². The number of imidazole rings is 1. The molecule has 70 heavy (non-hydrogen) atoms. The molecule has 0 fully saturated rings. The van der Waals surface area contributed by atoms with Crippen molar-refractivity contribution in [3.05, 3.63) is 203 Å². The number of para-hydroxylation sites is 4. The average molecular weight is 1090 g/mol. The summed E-state index contributed by atoms with van der Waals surface area (Å²) < 4.78 is 4.65. The summed E-state index contributed by atoms with van der Waals surface area (Å²) in [7, 11) is 0. The van der Waals surface area contributed by atoms with Gasteiger partial charge in [-0.15, -0.1) is 34.8 Å².